The molecule has 25 heavy (non-hydrogen) atoms. The minimum Gasteiger partial charge on any atom is -0.493 e. The maximum absolute atomic E-state index is 12.5. The highest BCUT2D eigenvalue weighted by molar-refractivity contribution is 6.14. The van der Waals surface area contributed by atoms with Gasteiger partial charge < -0.3 is 18.9 Å². The van der Waals surface area contributed by atoms with Crippen molar-refractivity contribution in [3.63, 3.8) is 0 Å². The van der Waals surface area contributed by atoms with Gasteiger partial charge in [-0.1, -0.05) is 0 Å². The molecule has 1 aliphatic rings. The van der Waals surface area contributed by atoms with Crippen molar-refractivity contribution >= 4 is 23.8 Å². The van der Waals surface area contributed by atoms with E-state index in [1.54, 1.807) is 25.1 Å². The average Bonchev–Trinajstić information content (AvgIpc) is 2.87. The van der Waals surface area contributed by atoms with E-state index in [1.807, 2.05) is 0 Å². The van der Waals surface area contributed by atoms with Crippen molar-refractivity contribution in [3.8, 4) is 17.2 Å². The first kappa shape index (κ1) is 18.3. The zero-order chi connectivity index (χ0) is 18.6. The van der Waals surface area contributed by atoms with Crippen molar-refractivity contribution in [1.29, 1.82) is 0 Å². The summed E-state index contributed by atoms with van der Waals surface area (Å²) in [6, 6.07) is 3.41. The summed E-state index contributed by atoms with van der Waals surface area (Å²) in [7, 11) is 5.80. The lowest BCUT2D eigenvalue weighted by molar-refractivity contribution is -0.143. The number of amides is 1. The zero-order valence-corrected chi connectivity index (χ0v) is 14.8. The van der Waals surface area contributed by atoms with E-state index in [0.717, 1.165) is 0 Å². The number of nitrogens with zero attached hydrogens (tertiary/aromatic N) is 2. The van der Waals surface area contributed by atoms with Crippen molar-refractivity contribution in [2.45, 2.75) is 6.92 Å². The van der Waals surface area contributed by atoms with Gasteiger partial charge in [-0.05, 0) is 30.7 Å². The third kappa shape index (κ3) is 3.73. The SMILES string of the molecule is COC(=O)CN1C(=O)/C(=C\c2cc(OC)c(OC)c(OC)c2)N=C1C. The summed E-state index contributed by atoms with van der Waals surface area (Å²) in [5.74, 6) is 0.914. The van der Waals surface area contributed by atoms with Crippen LogP contribution in [0.5, 0.6) is 17.2 Å². The number of benzene rings is 1. The summed E-state index contributed by atoms with van der Waals surface area (Å²) in [5, 5.41) is 0. The van der Waals surface area contributed by atoms with Gasteiger partial charge in [-0.3, -0.25) is 14.5 Å². The maximum Gasteiger partial charge on any atom is 0.325 e. The number of aliphatic imine (C=N–C) groups is 1. The Labute approximate surface area is 145 Å². The highest BCUT2D eigenvalue weighted by atomic mass is 16.5. The Morgan fingerprint density at radius 2 is 1.72 bits per heavy atom. The maximum atomic E-state index is 12.5. The molecule has 0 radical (unpaired) electrons. The largest absolute Gasteiger partial charge is 0.493 e. The van der Waals surface area contributed by atoms with Crippen LogP contribution in [0.25, 0.3) is 6.08 Å². The number of esters is 1. The Morgan fingerprint density at radius 1 is 1.12 bits per heavy atom. The fraction of sp³-hybridized carbons (Fsp3) is 0.353. The summed E-state index contributed by atoms with van der Waals surface area (Å²) in [6.45, 7) is 1.47. The molecule has 0 N–H and O–H groups in total. The second kappa shape index (κ2) is 7.69. The number of hydrogen-bond acceptors (Lipinski definition) is 7. The summed E-state index contributed by atoms with van der Waals surface area (Å²) in [6.07, 6.45) is 1.59. The Kier molecular flexibility index (Phi) is 5.63. The lowest BCUT2D eigenvalue weighted by Crippen LogP contribution is -2.35. The van der Waals surface area contributed by atoms with Crippen molar-refractivity contribution in [2.75, 3.05) is 35.0 Å². The quantitative estimate of drug-likeness (QED) is 0.572. The molecule has 1 aromatic carbocycles. The Morgan fingerprint density at radius 3 is 2.20 bits per heavy atom. The van der Waals surface area contributed by atoms with Crippen LogP contribution in [-0.4, -0.2) is 57.6 Å². The molecule has 0 spiro atoms. The van der Waals surface area contributed by atoms with Crippen LogP contribution >= 0.6 is 0 Å². The van der Waals surface area contributed by atoms with Crippen LogP contribution in [0.2, 0.25) is 0 Å². The van der Waals surface area contributed by atoms with Crippen LogP contribution in [0.15, 0.2) is 22.8 Å². The number of carbonyl (C=O) groups excluding carboxylic acids is 2. The summed E-state index contributed by atoms with van der Waals surface area (Å²) < 4.78 is 20.5. The number of carbonyl (C=O) groups is 2. The van der Waals surface area contributed by atoms with Crippen molar-refractivity contribution in [1.82, 2.24) is 4.90 Å². The molecule has 1 aliphatic heterocycles. The van der Waals surface area contributed by atoms with Gasteiger partial charge in [0.15, 0.2) is 11.5 Å². The van der Waals surface area contributed by atoms with E-state index in [1.165, 1.54) is 33.3 Å². The van der Waals surface area contributed by atoms with Crippen LogP contribution < -0.4 is 14.2 Å². The smallest absolute Gasteiger partial charge is 0.325 e. The molecule has 1 amide bonds. The molecule has 0 unspecified atom stereocenters. The van der Waals surface area contributed by atoms with E-state index in [2.05, 4.69) is 9.73 Å². The van der Waals surface area contributed by atoms with Crippen molar-refractivity contribution in [3.05, 3.63) is 23.4 Å². The standard InChI is InChI=1S/C17H20N2O6/c1-10-18-12(17(21)19(10)9-15(20)24-4)6-11-7-13(22-2)16(25-5)14(8-11)23-3/h6-8H,9H2,1-5H3/b12-6+. The molecule has 0 saturated carbocycles. The molecule has 0 saturated heterocycles. The molecule has 0 aromatic heterocycles. The molecule has 1 aromatic rings. The van der Waals surface area contributed by atoms with Crippen LogP contribution in [0, 0.1) is 0 Å². The van der Waals surface area contributed by atoms with Crippen LogP contribution in [0.3, 0.4) is 0 Å². The Balaban J connectivity index is 2.38. The van der Waals surface area contributed by atoms with Crippen LogP contribution in [0.4, 0.5) is 0 Å². The predicted molar refractivity (Wildman–Crippen MR) is 90.9 cm³/mol. The molecule has 0 aliphatic carbocycles. The van der Waals surface area contributed by atoms with E-state index in [4.69, 9.17) is 14.2 Å². The molecular weight excluding hydrogens is 328 g/mol. The van der Waals surface area contributed by atoms with Crippen molar-refractivity contribution < 1.29 is 28.5 Å². The average molecular weight is 348 g/mol. The monoisotopic (exact) mass is 348 g/mol. The first-order chi connectivity index (χ1) is 11.9. The van der Waals surface area contributed by atoms with E-state index < -0.39 is 5.97 Å². The minimum absolute atomic E-state index is 0.183. The number of amidine groups is 1. The van der Waals surface area contributed by atoms with Gasteiger partial charge in [0.05, 0.1) is 28.4 Å². The lowest BCUT2D eigenvalue weighted by atomic mass is 10.1. The normalized spacial score (nSPS) is 15.2. The molecule has 134 valence electrons. The zero-order valence-electron chi connectivity index (χ0n) is 14.8. The minimum atomic E-state index is -0.517. The second-order valence-electron chi connectivity index (χ2n) is 5.11. The van der Waals surface area contributed by atoms with E-state index >= 15 is 0 Å². The molecule has 0 bridgehead atoms. The summed E-state index contributed by atoms with van der Waals surface area (Å²) in [5.41, 5.74) is 0.852. The van der Waals surface area contributed by atoms with E-state index in [-0.39, 0.29) is 18.1 Å². The van der Waals surface area contributed by atoms with Gasteiger partial charge in [0.2, 0.25) is 5.75 Å². The fourth-order valence-corrected chi connectivity index (χ4v) is 2.38. The first-order valence-electron chi connectivity index (χ1n) is 7.40. The Hall–Kier alpha value is -3.03. The first-order valence-corrected chi connectivity index (χ1v) is 7.40. The number of ether oxygens (including phenoxy) is 4. The number of methoxy groups -OCH3 is 4. The van der Waals surface area contributed by atoms with Crippen LogP contribution in [0.1, 0.15) is 12.5 Å². The van der Waals surface area contributed by atoms with Gasteiger partial charge in [0.25, 0.3) is 5.91 Å². The van der Waals surface area contributed by atoms with Gasteiger partial charge in [-0.25, -0.2) is 4.99 Å². The summed E-state index contributed by atoms with van der Waals surface area (Å²) >= 11 is 0. The number of rotatable bonds is 6. The van der Waals surface area contributed by atoms with Gasteiger partial charge in [-0.15, -0.1) is 0 Å². The summed E-state index contributed by atoms with van der Waals surface area (Å²) in [4.78, 5) is 29.4. The third-order valence-electron chi connectivity index (χ3n) is 3.64. The Bertz CT molecular complexity index is 729. The van der Waals surface area contributed by atoms with Gasteiger partial charge in [-0.2, -0.15) is 0 Å². The van der Waals surface area contributed by atoms with Crippen LogP contribution in [-0.2, 0) is 14.3 Å². The molecule has 0 atom stereocenters. The van der Waals surface area contributed by atoms with Gasteiger partial charge >= 0.3 is 5.97 Å². The molecular formula is C17H20N2O6. The third-order valence-corrected chi connectivity index (χ3v) is 3.64. The fourth-order valence-electron chi connectivity index (χ4n) is 2.38. The number of hydrogen-bond donors (Lipinski definition) is 0. The molecule has 0 fully saturated rings. The van der Waals surface area contributed by atoms with E-state index in [0.29, 0.717) is 28.6 Å². The molecule has 2 rings (SSSR count). The highest BCUT2D eigenvalue weighted by Crippen LogP contribution is 2.39. The predicted octanol–water partition coefficient (Wildman–Crippen LogP) is 1.49. The second-order valence-corrected chi connectivity index (χ2v) is 5.11. The highest BCUT2D eigenvalue weighted by Gasteiger charge is 2.29. The molecule has 8 nitrogen and oxygen atoms in total. The lowest BCUT2D eigenvalue weighted by Gasteiger charge is -2.14. The topological polar surface area (TPSA) is 86.7 Å². The van der Waals surface area contributed by atoms with E-state index in [9.17, 15) is 9.59 Å². The van der Waals surface area contributed by atoms with Gasteiger partial charge in [0, 0.05) is 0 Å². The van der Waals surface area contributed by atoms with Crippen molar-refractivity contribution in [2.24, 2.45) is 4.99 Å². The molecule has 8 heteroatoms. The molecule has 1 heterocycles. The van der Waals surface area contributed by atoms with Gasteiger partial charge in [0.1, 0.15) is 18.1 Å².